The Hall–Kier alpha value is -1.74. The fourth-order valence-electron chi connectivity index (χ4n) is 2.72. The minimum atomic E-state index is -1.91. The molecule has 0 radical (unpaired) electrons. The molecule has 2 aromatic carbocycles. The molecule has 4 nitrogen and oxygen atoms in total. The molecule has 0 N–H and O–H groups in total. The third-order valence-corrected chi connectivity index (χ3v) is 5.59. The predicted molar refractivity (Wildman–Crippen MR) is 109 cm³/mol. The van der Waals surface area contributed by atoms with Crippen LogP contribution in [0.1, 0.15) is 30.5 Å². The molecule has 0 aliphatic rings. The van der Waals surface area contributed by atoms with Gasteiger partial charge in [0.05, 0.1) is 6.54 Å². The molecule has 0 aliphatic carbocycles. The molecule has 0 spiro atoms. The van der Waals surface area contributed by atoms with E-state index < -0.39 is 8.18 Å². The summed E-state index contributed by atoms with van der Waals surface area (Å²) >= 11 is 0. The van der Waals surface area contributed by atoms with Crippen molar-refractivity contribution in [2.75, 3.05) is 26.7 Å². The van der Waals surface area contributed by atoms with E-state index >= 15 is 0 Å². The molecule has 1 atom stereocenters. The average molecular weight is 373 g/mol. The number of benzene rings is 2. The lowest BCUT2D eigenvalue weighted by Crippen LogP contribution is -2.25. The Morgan fingerprint density at radius 1 is 0.923 bits per heavy atom. The van der Waals surface area contributed by atoms with E-state index in [1.54, 1.807) is 4.67 Å². The van der Waals surface area contributed by atoms with Crippen LogP contribution in [0.2, 0.25) is 0 Å². The second-order valence-electron chi connectivity index (χ2n) is 6.55. The summed E-state index contributed by atoms with van der Waals surface area (Å²) in [6.07, 6.45) is 1.02. The van der Waals surface area contributed by atoms with Gasteiger partial charge in [-0.05, 0) is 49.7 Å². The van der Waals surface area contributed by atoms with E-state index in [2.05, 4.69) is 62.1 Å². The second kappa shape index (κ2) is 10.4. The number of hydrogen-bond acceptors (Lipinski definition) is 3. The molecule has 0 aromatic heterocycles. The number of rotatable bonds is 10. The number of nitrogens with zero attached hydrogens (tertiary/aromatic N) is 2. The first-order valence-corrected chi connectivity index (χ1v) is 10.4. The van der Waals surface area contributed by atoms with Crippen LogP contribution >= 0.6 is 8.18 Å². The van der Waals surface area contributed by atoms with E-state index in [4.69, 9.17) is 4.52 Å². The summed E-state index contributed by atoms with van der Waals surface area (Å²) in [7, 11) is -0.0909. The molecule has 0 fully saturated rings. The van der Waals surface area contributed by atoms with Gasteiger partial charge in [-0.3, -0.25) is 0 Å². The van der Waals surface area contributed by atoms with Crippen LogP contribution in [0.15, 0.2) is 48.5 Å². The molecule has 0 saturated heterocycles. The smallest absolute Gasteiger partial charge is 0.304 e. The quantitative estimate of drug-likeness (QED) is 0.546. The molecule has 5 heteroatoms. The fraction of sp³-hybridized carbons (Fsp3) is 0.429. The van der Waals surface area contributed by atoms with Crippen LogP contribution < -0.4 is 4.52 Å². The van der Waals surface area contributed by atoms with Gasteiger partial charge in [0.1, 0.15) is 0 Å². The lowest BCUT2D eigenvalue weighted by molar-refractivity contribution is 0.308. The maximum Gasteiger partial charge on any atom is 0.666 e. The van der Waals surface area contributed by atoms with E-state index in [0.29, 0.717) is 12.3 Å². The van der Waals surface area contributed by atoms with Gasteiger partial charge >= 0.3 is 8.18 Å². The molecule has 0 heterocycles. The van der Waals surface area contributed by atoms with Gasteiger partial charge in [-0.1, -0.05) is 60.5 Å². The van der Waals surface area contributed by atoms with E-state index in [0.717, 1.165) is 31.6 Å². The highest BCUT2D eigenvalue weighted by molar-refractivity contribution is 7.36. The van der Waals surface area contributed by atoms with Crippen LogP contribution in [-0.2, 0) is 17.5 Å². The fourth-order valence-corrected chi connectivity index (χ4v) is 3.44. The first kappa shape index (κ1) is 20.6. The summed E-state index contributed by atoms with van der Waals surface area (Å²) in [6, 6.07) is 16.2. The molecule has 140 valence electrons. The zero-order valence-corrected chi connectivity index (χ0v) is 17.2. The van der Waals surface area contributed by atoms with E-state index in [1.807, 2.05) is 19.2 Å². The standard InChI is InChI=1S/C21H30N2O2P/c1-5-23(6-2)16-15-19-11-13-21(14-12-19)25-26(24)22(4)17-20-9-7-18(3)8-10-20/h7-14H,5-6,15-17H2,1-4H3/q+1. The summed E-state index contributed by atoms with van der Waals surface area (Å²) in [5.41, 5.74) is 3.61. The third-order valence-electron chi connectivity index (χ3n) is 4.53. The Balaban J connectivity index is 1.85. The summed E-state index contributed by atoms with van der Waals surface area (Å²) in [6.45, 7) is 10.2. The van der Waals surface area contributed by atoms with Gasteiger partial charge in [0.25, 0.3) is 0 Å². The Morgan fingerprint density at radius 3 is 2.08 bits per heavy atom. The molecule has 1 unspecified atom stereocenters. The Kier molecular flexibility index (Phi) is 8.24. The maximum atomic E-state index is 12.4. The van der Waals surface area contributed by atoms with Crippen LogP contribution in [-0.4, -0.2) is 36.3 Å². The molecule has 2 rings (SSSR count). The molecule has 0 saturated carbocycles. The van der Waals surface area contributed by atoms with Crippen LogP contribution in [0.5, 0.6) is 5.75 Å². The monoisotopic (exact) mass is 373 g/mol. The van der Waals surface area contributed by atoms with Crippen molar-refractivity contribution in [2.24, 2.45) is 0 Å². The Bertz CT molecular complexity index is 682. The SMILES string of the molecule is CCN(CC)CCc1ccc(O[P+](=O)N(C)Cc2ccc(C)cc2)cc1. The van der Waals surface area contributed by atoms with Gasteiger partial charge < -0.3 is 4.90 Å². The molecule has 0 bridgehead atoms. The van der Waals surface area contributed by atoms with Crippen molar-refractivity contribution >= 4 is 8.18 Å². The first-order valence-electron chi connectivity index (χ1n) is 9.25. The van der Waals surface area contributed by atoms with Gasteiger partial charge in [-0.25, -0.2) is 4.52 Å². The molecule has 2 aromatic rings. The van der Waals surface area contributed by atoms with Gasteiger partial charge in [0, 0.05) is 18.2 Å². The van der Waals surface area contributed by atoms with Crippen molar-refractivity contribution in [1.29, 1.82) is 0 Å². The average Bonchev–Trinajstić information content (AvgIpc) is 2.65. The first-order chi connectivity index (χ1) is 12.5. The van der Waals surface area contributed by atoms with Crippen molar-refractivity contribution in [1.82, 2.24) is 9.57 Å². The number of likely N-dealkylation sites (N-methyl/N-ethyl adjacent to an activating group) is 1. The number of hydrogen-bond donors (Lipinski definition) is 0. The zero-order valence-electron chi connectivity index (χ0n) is 16.3. The molecule has 0 aliphatic heterocycles. The van der Waals surface area contributed by atoms with Crippen molar-refractivity contribution in [3.8, 4) is 5.75 Å². The topological polar surface area (TPSA) is 32.8 Å². The lowest BCUT2D eigenvalue weighted by atomic mass is 10.1. The minimum Gasteiger partial charge on any atom is -0.304 e. The third kappa shape index (κ3) is 6.53. The molecule has 26 heavy (non-hydrogen) atoms. The summed E-state index contributed by atoms with van der Waals surface area (Å²) in [5, 5.41) is 0. The lowest BCUT2D eigenvalue weighted by Gasteiger charge is -2.17. The normalized spacial score (nSPS) is 11.8. The van der Waals surface area contributed by atoms with Crippen LogP contribution in [0.3, 0.4) is 0 Å². The largest absolute Gasteiger partial charge is 0.666 e. The van der Waals surface area contributed by atoms with Gasteiger partial charge in [0.15, 0.2) is 5.75 Å². The predicted octanol–water partition coefficient (Wildman–Crippen LogP) is 5.05. The van der Waals surface area contributed by atoms with E-state index in [1.165, 1.54) is 11.1 Å². The molecular weight excluding hydrogens is 343 g/mol. The minimum absolute atomic E-state index is 0.595. The van der Waals surface area contributed by atoms with Crippen LogP contribution in [0, 0.1) is 6.92 Å². The summed E-state index contributed by atoms with van der Waals surface area (Å²) in [5.74, 6) is 0.647. The summed E-state index contributed by atoms with van der Waals surface area (Å²) < 4.78 is 19.8. The van der Waals surface area contributed by atoms with Gasteiger partial charge in [-0.2, -0.15) is 0 Å². The molecular formula is C21H30N2O2P+. The molecule has 0 amide bonds. The van der Waals surface area contributed by atoms with E-state index in [9.17, 15) is 4.57 Å². The van der Waals surface area contributed by atoms with Crippen molar-refractivity contribution in [2.45, 2.75) is 33.7 Å². The van der Waals surface area contributed by atoms with Crippen molar-refractivity contribution in [3.05, 3.63) is 65.2 Å². The highest BCUT2D eigenvalue weighted by atomic mass is 31.1. The zero-order chi connectivity index (χ0) is 18.9. The number of aryl methyl sites for hydroxylation is 1. The van der Waals surface area contributed by atoms with E-state index in [-0.39, 0.29) is 0 Å². The van der Waals surface area contributed by atoms with Crippen molar-refractivity contribution < 1.29 is 9.09 Å². The van der Waals surface area contributed by atoms with Gasteiger partial charge in [-0.15, -0.1) is 0 Å². The van der Waals surface area contributed by atoms with Crippen LogP contribution in [0.25, 0.3) is 0 Å². The van der Waals surface area contributed by atoms with Crippen LogP contribution in [0.4, 0.5) is 0 Å². The highest BCUT2D eigenvalue weighted by Crippen LogP contribution is 2.31. The second-order valence-corrected chi connectivity index (χ2v) is 7.89. The Labute approximate surface area is 158 Å². The van der Waals surface area contributed by atoms with Crippen molar-refractivity contribution in [3.63, 3.8) is 0 Å². The Morgan fingerprint density at radius 2 is 1.50 bits per heavy atom. The van der Waals surface area contributed by atoms with Gasteiger partial charge in [0.2, 0.25) is 0 Å². The maximum absolute atomic E-state index is 12.4. The highest BCUT2D eigenvalue weighted by Gasteiger charge is 2.27. The summed E-state index contributed by atoms with van der Waals surface area (Å²) in [4.78, 5) is 2.40.